The average Bonchev–Trinajstić information content (AvgIpc) is 3.21. The number of aryl methyl sites for hydroxylation is 4. The summed E-state index contributed by atoms with van der Waals surface area (Å²) in [4.78, 5) is 13.0. The van der Waals surface area contributed by atoms with Crippen LogP contribution >= 0.6 is 0 Å². The molecule has 1 heterocycles. The highest BCUT2D eigenvalue weighted by Gasteiger charge is 2.27. The molecule has 7 nitrogen and oxygen atoms in total. The Kier molecular flexibility index (Phi) is 8.35. The van der Waals surface area contributed by atoms with Gasteiger partial charge in [-0.15, -0.1) is 0 Å². The van der Waals surface area contributed by atoms with Gasteiger partial charge in [-0.1, -0.05) is 43.3 Å². The van der Waals surface area contributed by atoms with Crippen LogP contribution in [0.1, 0.15) is 40.6 Å². The smallest absolute Gasteiger partial charge is 0.264 e. The predicted molar refractivity (Wildman–Crippen MR) is 157 cm³/mol. The zero-order chi connectivity index (χ0) is 28.2. The number of aromatic nitrogens is 1. The van der Waals surface area contributed by atoms with E-state index in [1.165, 1.54) is 23.3 Å². The number of hydrazone groups is 1. The van der Waals surface area contributed by atoms with E-state index in [2.05, 4.69) is 47.1 Å². The molecule has 202 valence electrons. The lowest BCUT2D eigenvalue weighted by Crippen LogP contribution is -2.39. The highest BCUT2D eigenvalue weighted by Crippen LogP contribution is 2.25. The molecule has 0 aliphatic rings. The summed E-state index contributed by atoms with van der Waals surface area (Å²) in [5, 5.41) is 4.15. The molecule has 0 fully saturated rings. The van der Waals surface area contributed by atoms with E-state index in [1.54, 1.807) is 36.5 Å². The van der Waals surface area contributed by atoms with Crippen LogP contribution in [0.3, 0.4) is 0 Å². The third-order valence-corrected chi connectivity index (χ3v) is 8.65. The summed E-state index contributed by atoms with van der Waals surface area (Å²) >= 11 is 0. The van der Waals surface area contributed by atoms with Crippen molar-refractivity contribution in [3.05, 3.63) is 113 Å². The molecule has 1 N–H and O–H groups in total. The third kappa shape index (κ3) is 6.12. The minimum atomic E-state index is -3.97. The van der Waals surface area contributed by atoms with Gasteiger partial charge < -0.3 is 4.57 Å². The van der Waals surface area contributed by atoms with Gasteiger partial charge in [0.1, 0.15) is 6.54 Å². The fourth-order valence-electron chi connectivity index (χ4n) is 4.45. The van der Waals surface area contributed by atoms with Gasteiger partial charge in [-0.25, -0.2) is 13.8 Å². The van der Waals surface area contributed by atoms with Crippen molar-refractivity contribution in [2.45, 2.75) is 45.9 Å². The van der Waals surface area contributed by atoms with Gasteiger partial charge in [0.05, 0.1) is 16.8 Å². The Morgan fingerprint density at radius 3 is 2.26 bits per heavy atom. The molecule has 0 atom stereocenters. The van der Waals surface area contributed by atoms with Crippen LogP contribution in [0.25, 0.3) is 5.69 Å². The first-order chi connectivity index (χ1) is 18.6. The summed E-state index contributed by atoms with van der Waals surface area (Å²) < 4.78 is 30.2. The van der Waals surface area contributed by atoms with E-state index >= 15 is 0 Å². The first-order valence-electron chi connectivity index (χ1n) is 12.9. The fraction of sp³-hybridized carbons (Fsp3) is 0.226. The van der Waals surface area contributed by atoms with Gasteiger partial charge in [-0.2, -0.15) is 5.10 Å². The maximum absolute atomic E-state index is 13.5. The second-order valence-corrected chi connectivity index (χ2v) is 11.4. The van der Waals surface area contributed by atoms with E-state index in [9.17, 15) is 13.2 Å². The molecule has 4 aromatic rings. The number of rotatable bonds is 9. The van der Waals surface area contributed by atoms with Gasteiger partial charge in [0.2, 0.25) is 0 Å². The second-order valence-electron chi connectivity index (χ2n) is 9.57. The number of amides is 1. The molecule has 0 aliphatic heterocycles. The monoisotopic (exact) mass is 542 g/mol. The molecular weight excluding hydrogens is 508 g/mol. The van der Waals surface area contributed by atoms with Gasteiger partial charge in [0, 0.05) is 22.6 Å². The number of carbonyl (C=O) groups excluding carboxylic acids is 1. The topological polar surface area (TPSA) is 83.8 Å². The largest absolute Gasteiger partial charge is 0.318 e. The molecular formula is C31H34N4O3S. The fourth-order valence-corrected chi connectivity index (χ4v) is 5.89. The maximum Gasteiger partial charge on any atom is 0.264 e. The second kappa shape index (κ2) is 11.7. The van der Waals surface area contributed by atoms with Gasteiger partial charge in [0.15, 0.2) is 0 Å². The van der Waals surface area contributed by atoms with Crippen LogP contribution < -0.4 is 9.73 Å². The lowest BCUT2D eigenvalue weighted by Gasteiger charge is -2.24. The number of sulfonamides is 1. The molecule has 0 spiro atoms. The summed E-state index contributed by atoms with van der Waals surface area (Å²) in [7, 11) is -3.97. The quantitative estimate of drug-likeness (QED) is 0.220. The lowest BCUT2D eigenvalue weighted by molar-refractivity contribution is -0.119. The van der Waals surface area contributed by atoms with Crippen molar-refractivity contribution in [3.63, 3.8) is 0 Å². The van der Waals surface area contributed by atoms with E-state index in [0.717, 1.165) is 38.9 Å². The average molecular weight is 543 g/mol. The number of anilines is 1. The van der Waals surface area contributed by atoms with Crippen LogP contribution in [0.15, 0.2) is 88.9 Å². The van der Waals surface area contributed by atoms with E-state index in [-0.39, 0.29) is 4.90 Å². The number of hydrogen-bond acceptors (Lipinski definition) is 4. The van der Waals surface area contributed by atoms with Gasteiger partial charge in [0.25, 0.3) is 15.9 Å². The lowest BCUT2D eigenvalue weighted by atomic mass is 10.1. The van der Waals surface area contributed by atoms with Gasteiger partial charge >= 0.3 is 0 Å². The van der Waals surface area contributed by atoms with Crippen LogP contribution in [0, 0.1) is 27.7 Å². The first kappa shape index (κ1) is 27.9. The van der Waals surface area contributed by atoms with E-state index in [1.807, 2.05) is 39.0 Å². The maximum atomic E-state index is 13.5. The van der Waals surface area contributed by atoms with E-state index in [0.29, 0.717) is 5.69 Å². The van der Waals surface area contributed by atoms with Crippen LogP contribution in [0.5, 0.6) is 0 Å². The SMILES string of the molecule is CCc1ccc(N(CC(=O)N/N=C\c2cc(C)n(-c3ccc(C)c(C)c3)c2C)S(=O)(=O)c2ccccc2)cc1. The highest BCUT2D eigenvalue weighted by molar-refractivity contribution is 7.92. The molecule has 1 amide bonds. The van der Waals surface area contributed by atoms with Crippen molar-refractivity contribution in [1.82, 2.24) is 9.99 Å². The Bertz CT molecular complexity index is 1610. The molecule has 4 rings (SSSR count). The molecule has 3 aromatic carbocycles. The summed E-state index contributed by atoms with van der Waals surface area (Å²) in [6.45, 7) is 9.81. The highest BCUT2D eigenvalue weighted by atomic mass is 32.2. The van der Waals surface area contributed by atoms with Crippen molar-refractivity contribution < 1.29 is 13.2 Å². The minimum absolute atomic E-state index is 0.111. The van der Waals surface area contributed by atoms with E-state index < -0.39 is 22.5 Å². The molecule has 0 unspecified atom stereocenters. The summed E-state index contributed by atoms with van der Waals surface area (Å²) in [6.07, 6.45) is 2.41. The van der Waals surface area contributed by atoms with Crippen LogP contribution in [-0.2, 0) is 21.2 Å². The van der Waals surface area contributed by atoms with Crippen LogP contribution in [0.2, 0.25) is 0 Å². The molecule has 0 saturated carbocycles. The van der Waals surface area contributed by atoms with Crippen molar-refractivity contribution in [3.8, 4) is 5.69 Å². The zero-order valence-corrected chi connectivity index (χ0v) is 23.8. The first-order valence-corrected chi connectivity index (χ1v) is 14.3. The standard InChI is InChI=1S/C31H34N4O3S/c1-6-26-13-16-28(17-14-26)34(39(37,38)30-10-8-7-9-11-30)21-31(36)33-32-20-27-19-24(4)35(25(27)5)29-15-12-22(2)23(3)18-29/h7-20H,6,21H2,1-5H3,(H,33,36)/b32-20-. The molecule has 1 aromatic heterocycles. The molecule has 0 aliphatic carbocycles. The summed E-state index contributed by atoms with van der Waals surface area (Å²) in [6, 6.07) is 23.6. The summed E-state index contributed by atoms with van der Waals surface area (Å²) in [5.74, 6) is -0.548. The molecule has 0 radical (unpaired) electrons. The Morgan fingerprint density at radius 1 is 0.923 bits per heavy atom. The Balaban J connectivity index is 1.55. The number of benzene rings is 3. The summed E-state index contributed by atoms with van der Waals surface area (Å²) in [5.41, 5.74) is 10.4. The predicted octanol–water partition coefficient (Wildman–Crippen LogP) is 5.62. The minimum Gasteiger partial charge on any atom is -0.318 e. The molecule has 39 heavy (non-hydrogen) atoms. The van der Waals surface area contributed by atoms with Crippen molar-refractivity contribution in [2.24, 2.45) is 5.10 Å². The Labute approximate surface area is 230 Å². The van der Waals surface area contributed by atoms with Gasteiger partial charge in [-0.05, 0) is 93.3 Å². The van der Waals surface area contributed by atoms with Crippen LogP contribution in [0.4, 0.5) is 5.69 Å². The Morgan fingerprint density at radius 2 is 1.62 bits per heavy atom. The number of carbonyl (C=O) groups is 1. The molecule has 0 bridgehead atoms. The number of nitrogens with zero attached hydrogens (tertiary/aromatic N) is 3. The van der Waals surface area contributed by atoms with Crippen molar-refractivity contribution >= 4 is 27.8 Å². The number of nitrogens with one attached hydrogen (secondary N) is 1. The van der Waals surface area contributed by atoms with E-state index in [4.69, 9.17) is 0 Å². The molecule has 8 heteroatoms. The molecule has 0 saturated heterocycles. The normalized spacial score (nSPS) is 11.6. The van der Waals surface area contributed by atoms with Crippen molar-refractivity contribution in [1.29, 1.82) is 0 Å². The van der Waals surface area contributed by atoms with Crippen LogP contribution in [-0.4, -0.2) is 31.7 Å². The third-order valence-electron chi connectivity index (χ3n) is 6.86. The number of hydrogen-bond donors (Lipinski definition) is 1. The zero-order valence-electron chi connectivity index (χ0n) is 23.0. The Hall–Kier alpha value is -4.17. The van der Waals surface area contributed by atoms with Crippen molar-refractivity contribution in [2.75, 3.05) is 10.8 Å². The van der Waals surface area contributed by atoms with Gasteiger partial charge in [-0.3, -0.25) is 9.10 Å².